The molecule has 1 heterocycles. The molecule has 0 saturated heterocycles. The Morgan fingerprint density at radius 3 is 2.89 bits per heavy atom. The van der Waals surface area contributed by atoms with Crippen LogP contribution < -0.4 is 5.73 Å². The number of hydrogen-bond acceptors (Lipinski definition) is 3. The standard InChI is InChI=1S/C14H21N3O/c1-11(9-14(15)16-18)17-8-4-7-12-5-2-3-6-13(12)10-17/h2-3,5-6,11,18H,4,7-10H2,1H3,(H2,15,16). The molecule has 1 aromatic carbocycles. The van der Waals surface area contributed by atoms with Crippen LogP contribution in [0.5, 0.6) is 0 Å². The number of fused-ring (bicyclic) bond motifs is 1. The van der Waals surface area contributed by atoms with Crippen LogP contribution in [0.3, 0.4) is 0 Å². The lowest BCUT2D eigenvalue weighted by molar-refractivity contribution is 0.205. The maximum Gasteiger partial charge on any atom is 0.140 e. The summed E-state index contributed by atoms with van der Waals surface area (Å²) in [7, 11) is 0. The molecule has 4 nitrogen and oxygen atoms in total. The quantitative estimate of drug-likeness (QED) is 0.371. The number of nitrogens with two attached hydrogens (primary N) is 1. The first-order valence-corrected chi connectivity index (χ1v) is 6.48. The van der Waals surface area contributed by atoms with Crippen LogP contribution in [0.2, 0.25) is 0 Å². The Labute approximate surface area is 108 Å². The number of oxime groups is 1. The molecular weight excluding hydrogens is 226 g/mol. The number of rotatable bonds is 3. The summed E-state index contributed by atoms with van der Waals surface area (Å²) in [6.07, 6.45) is 2.92. The van der Waals surface area contributed by atoms with E-state index >= 15 is 0 Å². The number of amidine groups is 1. The molecule has 3 N–H and O–H groups in total. The molecule has 1 aliphatic heterocycles. The second-order valence-electron chi connectivity index (χ2n) is 4.99. The van der Waals surface area contributed by atoms with Crippen LogP contribution in [-0.4, -0.2) is 28.5 Å². The summed E-state index contributed by atoms with van der Waals surface area (Å²) < 4.78 is 0. The first-order chi connectivity index (χ1) is 8.70. The molecule has 0 bridgehead atoms. The largest absolute Gasteiger partial charge is 0.409 e. The van der Waals surface area contributed by atoms with Crippen LogP contribution in [0, 0.1) is 0 Å². The minimum atomic E-state index is 0.298. The molecule has 1 aliphatic rings. The molecule has 0 fully saturated rings. The molecule has 18 heavy (non-hydrogen) atoms. The average Bonchev–Trinajstić information content (AvgIpc) is 2.60. The summed E-state index contributed by atoms with van der Waals surface area (Å²) >= 11 is 0. The molecule has 0 spiro atoms. The fourth-order valence-corrected chi connectivity index (χ4v) is 2.57. The third kappa shape index (κ3) is 3.01. The van der Waals surface area contributed by atoms with Crippen molar-refractivity contribution in [2.24, 2.45) is 10.9 Å². The molecular formula is C14H21N3O. The Balaban J connectivity index is 2.07. The van der Waals surface area contributed by atoms with Crippen molar-refractivity contribution in [2.75, 3.05) is 6.54 Å². The fourth-order valence-electron chi connectivity index (χ4n) is 2.57. The highest BCUT2D eigenvalue weighted by molar-refractivity contribution is 5.80. The molecule has 0 amide bonds. The van der Waals surface area contributed by atoms with E-state index in [1.54, 1.807) is 0 Å². The topological polar surface area (TPSA) is 61.9 Å². The van der Waals surface area contributed by atoms with Crippen LogP contribution in [0.1, 0.15) is 30.9 Å². The van der Waals surface area contributed by atoms with Gasteiger partial charge in [0, 0.05) is 19.0 Å². The molecule has 1 unspecified atom stereocenters. The predicted octanol–water partition coefficient (Wildman–Crippen LogP) is 1.96. The van der Waals surface area contributed by atoms with Gasteiger partial charge >= 0.3 is 0 Å². The maximum absolute atomic E-state index is 8.64. The average molecular weight is 247 g/mol. The van der Waals surface area contributed by atoms with Crippen LogP contribution in [0.25, 0.3) is 0 Å². The molecule has 4 heteroatoms. The van der Waals surface area contributed by atoms with E-state index < -0.39 is 0 Å². The normalized spacial score (nSPS) is 19.1. The van der Waals surface area contributed by atoms with Crippen molar-refractivity contribution in [1.29, 1.82) is 0 Å². The summed E-state index contributed by atoms with van der Waals surface area (Å²) in [5, 5.41) is 11.7. The third-order valence-corrected chi connectivity index (χ3v) is 3.64. The number of benzene rings is 1. The van der Waals surface area contributed by atoms with Gasteiger partial charge in [-0.1, -0.05) is 29.4 Å². The van der Waals surface area contributed by atoms with Gasteiger partial charge in [0.2, 0.25) is 0 Å². The Bertz CT molecular complexity index is 431. The van der Waals surface area contributed by atoms with Gasteiger partial charge in [0.1, 0.15) is 5.84 Å². The van der Waals surface area contributed by atoms with Gasteiger partial charge in [-0.2, -0.15) is 0 Å². The molecule has 1 atom stereocenters. The van der Waals surface area contributed by atoms with E-state index in [0.29, 0.717) is 18.3 Å². The second-order valence-corrected chi connectivity index (χ2v) is 4.99. The molecule has 0 saturated carbocycles. The van der Waals surface area contributed by atoms with E-state index in [0.717, 1.165) is 25.9 Å². The lowest BCUT2D eigenvalue weighted by atomic mass is 10.0. The first-order valence-electron chi connectivity index (χ1n) is 6.48. The lowest BCUT2D eigenvalue weighted by Gasteiger charge is -2.27. The predicted molar refractivity (Wildman–Crippen MR) is 72.7 cm³/mol. The first kappa shape index (κ1) is 12.9. The van der Waals surface area contributed by atoms with E-state index in [1.165, 1.54) is 11.1 Å². The Morgan fingerprint density at radius 2 is 2.17 bits per heavy atom. The van der Waals surface area contributed by atoms with E-state index in [4.69, 9.17) is 10.9 Å². The molecule has 2 rings (SSSR count). The van der Waals surface area contributed by atoms with Gasteiger partial charge < -0.3 is 10.9 Å². The minimum Gasteiger partial charge on any atom is -0.409 e. The van der Waals surface area contributed by atoms with Crippen LogP contribution in [0.4, 0.5) is 0 Å². The van der Waals surface area contributed by atoms with Crippen molar-refractivity contribution in [3.8, 4) is 0 Å². The van der Waals surface area contributed by atoms with E-state index in [-0.39, 0.29) is 0 Å². The zero-order valence-electron chi connectivity index (χ0n) is 10.8. The molecule has 0 aromatic heterocycles. The highest BCUT2D eigenvalue weighted by atomic mass is 16.4. The van der Waals surface area contributed by atoms with Crippen molar-refractivity contribution < 1.29 is 5.21 Å². The number of hydrogen-bond donors (Lipinski definition) is 2. The van der Waals surface area contributed by atoms with E-state index in [9.17, 15) is 0 Å². The summed E-state index contributed by atoms with van der Waals surface area (Å²) in [6, 6.07) is 8.91. The minimum absolute atomic E-state index is 0.298. The second kappa shape index (κ2) is 5.87. The highest BCUT2D eigenvalue weighted by Gasteiger charge is 2.19. The summed E-state index contributed by atoms with van der Waals surface area (Å²) in [6.45, 7) is 4.15. The van der Waals surface area contributed by atoms with Gasteiger partial charge in [-0.05, 0) is 37.4 Å². The molecule has 1 aromatic rings. The Morgan fingerprint density at radius 1 is 1.44 bits per heavy atom. The van der Waals surface area contributed by atoms with Crippen LogP contribution in [0.15, 0.2) is 29.4 Å². The Kier molecular flexibility index (Phi) is 4.20. The zero-order chi connectivity index (χ0) is 13.0. The van der Waals surface area contributed by atoms with Gasteiger partial charge in [-0.25, -0.2) is 0 Å². The summed E-state index contributed by atoms with van der Waals surface area (Å²) in [4.78, 5) is 2.41. The molecule has 0 radical (unpaired) electrons. The van der Waals surface area contributed by atoms with E-state index in [1.807, 2.05) is 0 Å². The van der Waals surface area contributed by atoms with Crippen molar-refractivity contribution in [3.05, 3.63) is 35.4 Å². The van der Waals surface area contributed by atoms with Gasteiger partial charge in [0.25, 0.3) is 0 Å². The van der Waals surface area contributed by atoms with Crippen molar-refractivity contribution in [2.45, 2.75) is 38.8 Å². The van der Waals surface area contributed by atoms with Crippen molar-refractivity contribution in [3.63, 3.8) is 0 Å². The highest BCUT2D eigenvalue weighted by Crippen LogP contribution is 2.20. The number of aryl methyl sites for hydroxylation is 1. The van der Waals surface area contributed by atoms with Crippen molar-refractivity contribution >= 4 is 5.84 Å². The smallest absolute Gasteiger partial charge is 0.140 e. The number of nitrogens with zero attached hydrogens (tertiary/aromatic N) is 2. The van der Waals surface area contributed by atoms with Crippen molar-refractivity contribution in [1.82, 2.24) is 4.90 Å². The monoisotopic (exact) mass is 247 g/mol. The van der Waals surface area contributed by atoms with E-state index in [2.05, 4.69) is 41.2 Å². The van der Waals surface area contributed by atoms with Crippen LogP contribution in [-0.2, 0) is 13.0 Å². The molecule has 0 aliphatic carbocycles. The lowest BCUT2D eigenvalue weighted by Crippen LogP contribution is -2.36. The van der Waals surface area contributed by atoms with Gasteiger partial charge in [0.05, 0.1) is 0 Å². The summed E-state index contributed by atoms with van der Waals surface area (Å²) in [5.74, 6) is 0.306. The Hall–Kier alpha value is -1.55. The maximum atomic E-state index is 8.64. The van der Waals surface area contributed by atoms with Gasteiger partial charge in [-0.15, -0.1) is 0 Å². The third-order valence-electron chi connectivity index (χ3n) is 3.64. The van der Waals surface area contributed by atoms with Crippen LogP contribution >= 0.6 is 0 Å². The zero-order valence-corrected chi connectivity index (χ0v) is 10.8. The summed E-state index contributed by atoms with van der Waals surface area (Å²) in [5.41, 5.74) is 8.45. The fraction of sp³-hybridized carbons (Fsp3) is 0.500. The van der Waals surface area contributed by atoms with Gasteiger partial charge in [-0.3, -0.25) is 4.90 Å². The van der Waals surface area contributed by atoms with Gasteiger partial charge in [0.15, 0.2) is 0 Å². The molecule has 98 valence electrons. The SMILES string of the molecule is CC(CC(N)=NO)N1CCCc2ccccc2C1.